The molecule has 86 valence electrons. The fraction of sp³-hybridized carbons (Fsp3) is 0.917. The summed E-state index contributed by atoms with van der Waals surface area (Å²) < 4.78 is 0. The number of Topliss-reactive ketones (excluding diaryl/α,β-unsaturated/α-hetero) is 1. The fourth-order valence-corrected chi connectivity index (χ4v) is 3.26. The molecule has 15 heavy (non-hydrogen) atoms. The van der Waals surface area contributed by atoms with Gasteiger partial charge in [-0.25, -0.2) is 0 Å². The number of carbonyl (C=O) groups is 1. The summed E-state index contributed by atoms with van der Waals surface area (Å²) >= 11 is 1.93. The van der Waals surface area contributed by atoms with Crippen LogP contribution in [-0.4, -0.2) is 40.8 Å². The Morgan fingerprint density at radius 1 is 1.40 bits per heavy atom. The number of thioether (sulfide) groups is 1. The van der Waals surface area contributed by atoms with E-state index >= 15 is 0 Å². The molecule has 2 aliphatic rings. The SMILES string of the molecule is CSC(C)CN1C2CCCC1CC(=O)C2. The van der Waals surface area contributed by atoms with Gasteiger partial charge in [-0.2, -0.15) is 11.8 Å². The maximum absolute atomic E-state index is 11.5. The number of hydrogen-bond acceptors (Lipinski definition) is 3. The van der Waals surface area contributed by atoms with Crippen LogP contribution in [0.4, 0.5) is 0 Å². The number of nitrogens with zero attached hydrogens (tertiary/aromatic N) is 1. The lowest BCUT2D eigenvalue weighted by atomic mass is 9.84. The Morgan fingerprint density at radius 2 is 2.00 bits per heavy atom. The maximum atomic E-state index is 11.5. The van der Waals surface area contributed by atoms with Gasteiger partial charge in [0.15, 0.2) is 0 Å². The van der Waals surface area contributed by atoms with Crippen molar-refractivity contribution in [3.05, 3.63) is 0 Å². The van der Waals surface area contributed by atoms with Crippen LogP contribution in [-0.2, 0) is 4.79 Å². The van der Waals surface area contributed by atoms with E-state index in [1.807, 2.05) is 11.8 Å². The number of fused-ring (bicyclic) bond motifs is 2. The number of hydrogen-bond donors (Lipinski definition) is 0. The van der Waals surface area contributed by atoms with E-state index < -0.39 is 0 Å². The van der Waals surface area contributed by atoms with Gasteiger partial charge in [0.1, 0.15) is 5.78 Å². The molecule has 2 nitrogen and oxygen atoms in total. The molecule has 0 aromatic carbocycles. The zero-order chi connectivity index (χ0) is 10.8. The summed E-state index contributed by atoms with van der Waals surface area (Å²) in [6.07, 6.45) is 7.62. The summed E-state index contributed by atoms with van der Waals surface area (Å²) in [7, 11) is 0. The van der Waals surface area contributed by atoms with Gasteiger partial charge < -0.3 is 0 Å². The molecule has 2 saturated heterocycles. The minimum atomic E-state index is 0.498. The highest BCUT2D eigenvalue weighted by Crippen LogP contribution is 2.32. The van der Waals surface area contributed by atoms with E-state index in [4.69, 9.17) is 0 Å². The first-order chi connectivity index (χ1) is 7.20. The largest absolute Gasteiger partial charge is 0.300 e. The molecule has 0 spiro atoms. The summed E-state index contributed by atoms with van der Waals surface area (Å²) in [6, 6.07) is 1.14. The summed E-state index contributed by atoms with van der Waals surface area (Å²) in [4.78, 5) is 14.2. The van der Waals surface area contributed by atoms with Crippen molar-refractivity contribution in [2.75, 3.05) is 12.8 Å². The zero-order valence-corrected chi connectivity index (χ0v) is 10.6. The minimum Gasteiger partial charge on any atom is -0.300 e. The van der Waals surface area contributed by atoms with Gasteiger partial charge in [0.2, 0.25) is 0 Å². The normalized spacial score (nSPS) is 34.1. The monoisotopic (exact) mass is 227 g/mol. The molecule has 2 rings (SSSR count). The number of ketones is 1. The molecule has 0 saturated carbocycles. The van der Waals surface area contributed by atoms with Gasteiger partial charge in [-0.15, -0.1) is 0 Å². The van der Waals surface area contributed by atoms with E-state index in [1.54, 1.807) is 0 Å². The molecular formula is C12H21NOS. The lowest BCUT2D eigenvalue weighted by molar-refractivity contribution is -0.127. The predicted octanol–water partition coefficient (Wildman–Crippen LogP) is 2.32. The molecule has 0 amide bonds. The van der Waals surface area contributed by atoms with Gasteiger partial charge >= 0.3 is 0 Å². The maximum Gasteiger partial charge on any atom is 0.136 e. The first kappa shape index (κ1) is 11.5. The number of carbonyl (C=O) groups excluding carboxylic acids is 1. The van der Waals surface area contributed by atoms with Crippen molar-refractivity contribution in [3.8, 4) is 0 Å². The zero-order valence-electron chi connectivity index (χ0n) is 9.74. The van der Waals surface area contributed by atoms with E-state index in [9.17, 15) is 4.79 Å². The standard InChI is InChI=1S/C12H21NOS/c1-9(15-2)8-13-10-4-3-5-11(13)7-12(14)6-10/h9-11H,3-8H2,1-2H3. The Kier molecular flexibility index (Phi) is 3.73. The summed E-state index contributed by atoms with van der Waals surface area (Å²) in [6.45, 7) is 3.46. The van der Waals surface area contributed by atoms with Gasteiger partial charge in [-0.1, -0.05) is 13.3 Å². The molecular weight excluding hydrogens is 206 g/mol. The van der Waals surface area contributed by atoms with Gasteiger partial charge in [-0.05, 0) is 19.1 Å². The highest BCUT2D eigenvalue weighted by Gasteiger charge is 2.37. The molecule has 0 N–H and O–H groups in total. The fourth-order valence-electron chi connectivity index (χ4n) is 2.94. The molecule has 3 heteroatoms. The molecule has 0 radical (unpaired) electrons. The molecule has 3 unspecified atom stereocenters. The first-order valence-electron chi connectivity index (χ1n) is 6.01. The molecule has 0 aromatic heterocycles. The second kappa shape index (κ2) is 4.88. The van der Waals surface area contributed by atoms with Crippen LogP contribution >= 0.6 is 11.8 Å². The quantitative estimate of drug-likeness (QED) is 0.738. The van der Waals surface area contributed by atoms with Gasteiger partial charge in [0, 0.05) is 36.7 Å². The second-order valence-corrected chi connectivity index (χ2v) is 6.20. The van der Waals surface area contributed by atoms with Crippen LogP contribution in [0.15, 0.2) is 0 Å². The summed E-state index contributed by atoms with van der Waals surface area (Å²) in [5.41, 5.74) is 0. The second-order valence-electron chi connectivity index (χ2n) is 4.93. The third-order valence-corrected chi connectivity index (χ3v) is 4.76. The molecule has 2 aliphatic heterocycles. The van der Waals surface area contributed by atoms with Crippen LogP contribution in [0.1, 0.15) is 39.0 Å². The van der Waals surface area contributed by atoms with Crippen LogP contribution < -0.4 is 0 Å². The van der Waals surface area contributed by atoms with E-state index in [2.05, 4.69) is 18.1 Å². The number of piperidine rings is 2. The van der Waals surface area contributed by atoms with Gasteiger partial charge in [-0.3, -0.25) is 9.69 Å². The number of rotatable bonds is 3. The molecule has 2 heterocycles. The van der Waals surface area contributed by atoms with Crippen LogP contribution in [0, 0.1) is 0 Å². The van der Waals surface area contributed by atoms with Crippen molar-refractivity contribution >= 4 is 17.5 Å². The third-order valence-electron chi connectivity index (χ3n) is 3.81. The highest BCUT2D eigenvalue weighted by atomic mass is 32.2. The molecule has 3 atom stereocenters. The van der Waals surface area contributed by atoms with Gasteiger partial charge in [0.05, 0.1) is 0 Å². The molecule has 0 aromatic rings. The smallest absolute Gasteiger partial charge is 0.136 e. The van der Waals surface area contributed by atoms with Crippen molar-refractivity contribution in [3.63, 3.8) is 0 Å². The minimum absolute atomic E-state index is 0.498. The lowest BCUT2D eigenvalue weighted by Gasteiger charge is -2.46. The molecule has 2 bridgehead atoms. The average molecular weight is 227 g/mol. The Hall–Kier alpha value is -0.0200. The van der Waals surface area contributed by atoms with Crippen LogP contribution in [0.5, 0.6) is 0 Å². The molecule has 0 aliphatic carbocycles. The van der Waals surface area contributed by atoms with E-state index in [1.165, 1.54) is 25.8 Å². The lowest BCUT2D eigenvalue weighted by Crippen LogP contribution is -2.53. The van der Waals surface area contributed by atoms with Crippen molar-refractivity contribution in [2.24, 2.45) is 0 Å². The molecule has 2 fully saturated rings. The Balaban J connectivity index is 2.01. The van der Waals surface area contributed by atoms with Gasteiger partial charge in [0.25, 0.3) is 0 Å². The van der Waals surface area contributed by atoms with Crippen molar-refractivity contribution in [1.82, 2.24) is 4.90 Å². The average Bonchev–Trinajstić information content (AvgIpc) is 2.19. The highest BCUT2D eigenvalue weighted by molar-refractivity contribution is 7.99. The Morgan fingerprint density at radius 3 is 2.53 bits per heavy atom. The van der Waals surface area contributed by atoms with Crippen molar-refractivity contribution < 1.29 is 4.79 Å². The van der Waals surface area contributed by atoms with Crippen LogP contribution in [0.25, 0.3) is 0 Å². The Bertz CT molecular complexity index is 228. The predicted molar refractivity (Wildman–Crippen MR) is 65.4 cm³/mol. The van der Waals surface area contributed by atoms with E-state index in [-0.39, 0.29) is 0 Å². The van der Waals surface area contributed by atoms with Crippen LogP contribution in [0.3, 0.4) is 0 Å². The van der Waals surface area contributed by atoms with E-state index in [0.717, 1.165) is 12.8 Å². The summed E-state index contributed by atoms with van der Waals surface area (Å²) in [5.74, 6) is 0.498. The topological polar surface area (TPSA) is 20.3 Å². The third kappa shape index (κ3) is 2.56. The van der Waals surface area contributed by atoms with E-state index in [0.29, 0.717) is 23.1 Å². The van der Waals surface area contributed by atoms with Crippen molar-refractivity contribution in [2.45, 2.75) is 56.4 Å². The summed E-state index contributed by atoms with van der Waals surface area (Å²) in [5, 5.41) is 0.696. The Labute approximate surface area is 96.8 Å². The van der Waals surface area contributed by atoms with Crippen LogP contribution in [0.2, 0.25) is 0 Å². The first-order valence-corrected chi connectivity index (χ1v) is 7.29. The van der Waals surface area contributed by atoms with Crippen molar-refractivity contribution in [1.29, 1.82) is 0 Å².